The van der Waals surface area contributed by atoms with E-state index in [0.717, 1.165) is 0 Å². The zero-order valence-corrected chi connectivity index (χ0v) is 9.07. The molecule has 1 rings (SSSR count). The Kier molecular flexibility index (Phi) is 4.70. The largest absolute Gasteiger partial charge is 0.481 e. The summed E-state index contributed by atoms with van der Waals surface area (Å²) in [5, 5.41) is 20.1. The van der Waals surface area contributed by atoms with Crippen molar-refractivity contribution in [3.63, 3.8) is 0 Å². The lowest BCUT2D eigenvalue weighted by Crippen LogP contribution is -2.43. The molecule has 0 radical (unpaired) electrons. The van der Waals surface area contributed by atoms with E-state index in [9.17, 15) is 9.59 Å². The van der Waals surface area contributed by atoms with Crippen LogP contribution in [0.1, 0.15) is 19.3 Å². The summed E-state index contributed by atoms with van der Waals surface area (Å²) in [7, 11) is 0. The minimum atomic E-state index is -1.10. The molecule has 0 spiro atoms. The van der Waals surface area contributed by atoms with E-state index in [1.165, 1.54) is 0 Å². The summed E-state index contributed by atoms with van der Waals surface area (Å²) in [6.07, 6.45) is 1.01. The molecular formula is C10H17NO5. The van der Waals surface area contributed by atoms with Gasteiger partial charge < -0.3 is 20.3 Å². The average Bonchev–Trinajstić information content (AvgIpc) is 2.27. The Morgan fingerprint density at radius 2 is 2.19 bits per heavy atom. The van der Waals surface area contributed by atoms with Gasteiger partial charge in [-0.15, -0.1) is 0 Å². The van der Waals surface area contributed by atoms with Gasteiger partial charge in [0.25, 0.3) is 0 Å². The molecule has 1 fully saturated rings. The molecule has 0 aliphatic carbocycles. The average molecular weight is 231 g/mol. The van der Waals surface area contributed by atoms with Crippen molar-refractivity contribution in [3.05, 3.63) is 0 Å². The van der Waals surface area contributed by atoms with Gasteiger partial charge in [-0.05, 0) is 12.8 Å². The standard InChI is InChI=1S/C10H17NO5/c12-4-3-11-8(13)6-10(9(14)15)2-1-5-16-7-10/h12H,1-7H2,(H,11,13)(H,14,15). The second-order valence-corrected chi connectivity index (χ2v) is 3.99. The minimum Gasteiger partial charge on any atom is -0.481 e. The fourth-order valence-corrected chi connectivity index (χ4v) is 1.80. The van der Waals surface area contributed by atoms with Crippen LogP contribution in [-0.2, 0) is 14.3 Å². The van der Waals surface area contributed by atoms with E-state index in [1.807, 2.05) is 0 Å². The van der Waals surface area contributed by atoms with Crippen LogP contribution in [-0.4, -0.2) is 48.5 Å². The quantitative estimate of drug-likeness (QED) is 0.585. The first-order valence-electron chi connectivity index (χ1n) is 5.29. The summed E-state index contributed by atoms with van der Waals surface area (Å²) in [5.41, 5.74) is -1.10. The highest BCUT2D eigenvalue weighted by Gasteiger charge is 2.42. The Morgan fingerprint density at radius 1 is 1.44 bits per heavy atom. The van der Waals surface area contributed by atoms with Crippen molar-refractivity contribution < 1.29 is 24.5 Å². The number of carbonyl (C=O) groups excluding carboxylic acids is 1. The third-order valence-corrected chi connectivity index (χ3v) is 2.71. The number of rotatable bonds is 5. The van der Waals surface area contributed by atoms with E-state index in [2.05, 4.69) is 5.32 Å². The Hall–Kier alpha value is -1.14. The van der Waals surface area contributed by atoms with Gasteiger partial charge in [0.1, 0.15) is 0 Å². The Morgan fingerprint density at radius 3 is 2.69 bits per heavy atom. The van der Waals surface area contributed by atoms with Gasteiger partial charge in [0, 0.05) is 19.6 Å². The number of ether oxygens (including phenoxy) is 1. The van der Waals surface area contributed by atoms with Crippen molar-refractivity contribution >= 4 is 11.9 Å². The third-order valence-electron chi connectivity index (χ3n) is 2.71. The highest BCUT2D eigenvalue weighted by molar-refractivity contribution is 5.85. The fraction of sp³-hybridized carbons (Fsp3) is 0.800. The zero-order valence-electron chi connectivity index (χ0n) is 9.07. The van der Waals surface area contributed by atoms with Crippen molar-refractivity contribution in [1.82, 2.24) is 5.32 Å². The summed E-state index contributed by atoms with van der Waals surface area (Å²) in [6, 6.07) is 0. The molecule has 0 aromatic heterocycles. The van der Waals surface area contributed by atoms with E-state index in [1.54, 1.807) is 0 Å². The number of amides is 1. The number of carboxylic acid groups (broad SMARTS) is 1. The molecule has 1 saturated heterocycles. The topological polar surface area (TPSA) is 95.9 Å². The van der Waals surface area contributed by atoms with Gasteiger partial charge >= 0.3 is 5.97 Å². The van der Waals surface area contributed by atoms with Crippen LogP contribution in [0.25, 0.3) is 0 Å². The molecule has 3 N–H and O–H groups in total. The molecule has 1 atom stereocenters. The van der Waals surface area contributed by atoms with E-state index in [0.29, 0.717) is 19.4 Å². The van der Waals surface area contributed by atoms with Crippen molar-refractivity contribution in [2.75, 3.05) is 26.4 Å². The predicted molar refractivity (Wildman–Crippen MR) is 54.8 cm³/mol. The van der Waals surface area contributed by atoms with Crippen LogP contribution in [0.15, 0.2) is 0 Å². The summed E-state index contributed by atoms with van der Waals surface area (Å²) >= 11 is 0. The van der Waals surface area contributed by atoms with Crippen LogP contribution >= 0.6 is 0 Å². The second kappa shape index (κ2) is 5.81. The number of carbonyl (C=O) groups is 2. The monoisotopic (exact) mass is 231 g/mol. The van der Waals surface area contributed by atoms with Gasteiger partial charge in [0.05, 0.1) is 18.6 Å². The maximum absolute atomic E-state index is 11.4. The van der Waals surface area contributed by atoms with E-state index in [-0.39, 0.29) is 32.1 Å². The first-order chi connectivity index (χ1) is 7.60. The normalized spacial score (nSPS) is 25.1. The van der Waals surface area contributed by atoms with E-state index >= 15 is 0 Å². The number of aliphatic carboxylic acids is 1. The Balaban J connectivity index is 2.56. The number of carboxylic acids is 1. The maximum Gasteiger partial charge on any atom is 0.312 e. The first-order valence-corrected chi connectivity index (χ1v) is 5.29. The smallest absolute Gasteiger partial charge is 0.312 e. The highest BCUT2D eigenvalue weighted by Crippen LogP contribution is 2.32. The summed E-state index contributed by atoms with van der Waals surface area (Å²) in [6.45, 7) is 0.625. The van der Waals surface area contributed by atoms with Gasteiger partial charge in [-0.2, -0.15) is 0 Å². The van der Waals surface area contributed by atoms with Crippen LogP contribution in [0.3, 0.4) is 0 Å². The first kappa shape index (κ1) is 12.9. The van der Waals surface area contributed by atoms with Gasteiger partial charge in [-0.25, -0.2) is 0 Å². The lowest BCUT2D eigenvalue weighted by atomic mass is 9.79. The summed E-state index contributed by atoms with van der Waals surface area (Å²) in [5.74, 6) is -1.35. The fourth-order valence-electron chi connectivity index (χ4n) is 1.80. The van der Waals surface area contributed by atoms with Gasteiger partial charge in [-0.3, -0.25) is 9.59 Å². The second-order valence-electron chi connectivity index (χ2n) is 3.99. The van der Waals surface area contributed by atoms with Crippen LogP contribution in [0.5, 0.6) is 0 Å². The molecule has 1 unspecified atom stereocenters. The lowest BCUT2D eigenvalue weighted by Gasteiger charge is -2.32. The van der Waals surface area contributed by atoms with Crippen molar-refractivity contribution in [2.24, 2.45) is 5.41 Å². The molecule has 6 nitrogen and oxygen atoms in total. The predicted octanol–water partition coefficient (Wildman–Crippen LogP) is -0.634. The molecule has 1 aliphatic heterocycles. The Labute approximate surface area is 93.6 Å². The number of aliphatic hydroxyl groups is 1. The molecule has 0 aromatic rings. The molecule has 1 aliphatic rings. The molecular weight excluding hydrogens is 214 g/mol. The number of hydrogen-bond donors (Lipinski definition) is 3. The summed E-state index contributed by atoms with van der Waals surface area (Å²) < 4.78 is 5.14. The van der Waals surface area contributed by atoms with Gasteiger partial charge in [0.15, 0.2) is 0 Å². The van der Waals surface area contributed by atoms with Crippen LogP contribution < -0.4 is 5.32 Å². The van der Waals surface area contributed by atoms with Crippen LogP contribution in [0.2, 0.25) is 0 Å². The zero-order chi connectivity index (χ0) is 12.0. The van der Waals surface area contributed by atoms with Crippen molar-refractivity contribution in [3.8, 4) is 0 Å². The highest BCUT2D eigenvalue weighted by atomic mass is 16.5. The lowest BCUT2D eigenvalue weighted by molar-refractivity contribution is -0.160. The number of aliphatic hydroxyl groups excluding tert-OH is 1. The van der Waals surface area contributed by atoms with E-state index < -0.39 is 11.4 Å². The van der Waals surface area contributed by atoms with Crippen molar-refractivity contribution in [1.29, 1.82) is 0 Å². The minimum absolute atomic E-state index is 0.0783. The Bertz CT molecular complexity index is 260. The molecule has 0 saturated carbocycles. The third kappa shape index (κ3) is 3.18. The number of hydrogen-bond acceptors (Lipinski definition) is 4. The van der Waals surface area contributed by atoms with Crippen LogP contribution in [0.4, 0.5) is 0 Å². The molecule has 0 aromatic carbocycles. The van der Waals surface area contributed by atoms with Crippen LogP contribution in [0, 0.1) is 5.41 Å². The molecule has 6 heteroatoms. The van der Waals surface area contributed by atoms with Gasteiger partial charge in [-0.1, -0.05) is 0 Å². The molecule has 1 heterocycles. The van der Waals surface area contributed by atoms with Crippen molar-refractivity contribution in [2.45, 2.75) is 19.3 Å². The molecule has 16 heavy (non-hydrogen) atoms. The molecule has 0 bridgehead atoms. The molecule has 1 amide bonds. The summed E-state index contributed by atoms with van der Waals surface area (Å²) in [4.78, 5) is 22.6. The molecule has 92 valence electrons. The van der Waals surface area contributed by atoms with E-state index in [4.69, 9.17) is 14.9 Å². The maximum atomic E-state index is 11.4. The SMILES string of the molecule is O=C(CC1(C(=O)O)CCCOC1)NCCO. The number of nitrogens with one attached hydrogen (secondary N) is 1. The van der Waals surface area contributed by atoms with Gasteiger partial charge in [0.2, 0.25) is 5.91 Å².